The molecule has 3 nitrogen and oxygen atoms in total. The Hall–Kier alpha value is -1.35. The lowest BCUT2D eigenvalue weighted by molar-refractivity contribution is -0.153. The third-order valence-electron chi connectivity index (χ3n) is 1.88. The minimum absolute atomic E-state index is 0.346. The smallest absolute Gasteiger partial charge is 0.334 e. The number of hydrogen-bond acceptors (Lipinski definition) is 3. The molecular weight excluding hydrogens is 180 g/mol. The molecule has 0 aliphatic rings. The second kappa shape index (κ2) is 5.40. The Morgan fingerprint density at radius 3 is 2.57 bits per heavy atom. The summed E-state index contributed by atoms with van der Waals surface area (Å²) < 4.78 is 9.84. The summed E-state index contributed by atoms with van der Waals surface area (Å²) in [6.07, 6.45) is -0.514. The maximum atomic E-state index is 11.0. The molecular formula is C11H14O3. The minimum atomic E-state index is -0.514. The van der Waals surface area contributed by atoms with Gasteiger partial charge in [-0.3, -0.25) is 0 Å². The molecule has 0 unspecified atom stereocenters. The fraction of sp³-hybridized carbons (Fsp3) is 0.364. The highest BCUT2D eigenvalue weighted by molar-refractivity contribution is 5.73. The van der Waals surface area contributed by atoms with Crippen LogP contribution in [0.15, 0.2) is 30.3 Å². The molecule has 0 aliphatic heterocycles. The molecule has 14 heavy (non-hydrogen) atoms. The zero-order chi connectivity index (χ0) is 10.4. The molecule has 0 saturated heterocycles. The summed E-state index contributed by atoms with van der Waals surface area (Å²) in [5.41, 5.74) is 1.04. The van der Waals surface area contributed by atoms with Gasteiger partial charge in [-0.2, -0.15) is 0 Å². The van der Waals surface area contributed by atoms with E-state index in [0.29, 0.717) is 6.61 Å². The van der Waals surface area contributed by atoms with Crippen LogP contribution in [-0.4, -0.2) is 19.2 Å². The van der Waals surface area contributed by atoms with Gasteiger partial charge >= 0.3 is 5.97 Å². The van der Waals surface area contributed by atoms with Gasteiger partial charge < -0.3 is 9.47 Å². The van der Waals surface area contributed by atoms with Gasteiger partial charge in [-0.05, 0) is 12.5 Å². The number of rotatable bonds is 4. The van der Waals surface area contributed by atoms with E-state index in [4.69, 9.17) is 4.74 Å². The molecule has 0 radical (unpaired) electrons. The van der Waals surface area contributed by atoms with E-state index in [2.05, 4.69) is 4.74 Å². The van der Waals surface area contributed by atoms with Crippen molar-refractivity contribution in [2.75, 3.05) is 7.11 Å². The topological polar surface area (TPSA) is 35.5 Å². The molecule has 0 heterocycles. The van der Waals surface area contributed by atoms with E-state index in [1.54, 1.807) is 6.92 Å². The SMILES string of the molecule is COC(=O)[C@@H](C)OCc1ccccc1. The average Bonchev–Trinajstić information content (AvgIpc) is 2.26. The maximum absolute atomic E-state index is 11.0. The molecule has 0 aliphatic carbocycles. The third-order valence-corrected chi connectivity index (χ3v) is 1.88. The number of carbonyl (C=O) groups excluding carboxylic acids is 1. The molecule has 3 heteroatoms. The quantitative estimate of drug-likeness (QED) is 0.685. The first kappa shape index (κ1) is 10.7. The van der Waals surface area contributed by atoms with Crippen molar-refractivity contribution in [1.82, 2.24) is 0 Å². The summed E-state index contributed by atoms with van der Waals surface area (Å²) in [5, 5.41) is 0. The van der Waals surface area contributed by atoms with Crippen LogP contribution in [0, 0.1) is 0 Å². The summed E-state index contributed by atoms with van der Waals surface area (Å²) >= 11 is 0. The number of hydrogen-bond donors (Lipinski definition) is 0. The first-order valence-electron chi connectivity index (χ1n) is 4.47. The zero-order valence-corrected chi connectivity index (χ0v) is 8.40. The Bertz CT molecular complexity index is 282. The molecule has 0 aromatic heterocycles. The van der Waals surface area contributed by atoms with Crippen LogP contribution in [0.3, 0.4) is 0 Å². The van der Waals surface area contributed by atoms with E-state index in [9.17, 15) is 4.79 Å². The zero-order valence-electron chi connectivity index (χ0n) is 8.40. The molecule has 0 saturated carbocycles. The van der Waals surface area contributed by atoms with Crippen molar-refractivity contribution in [3.63, 3.8) is 0 Å². The highest BCUT2D eigenvalue weighted by Gasteiger charge is 2.12. The average molecular weight is 194 g/mol. The van der Waals surface area contributed by atoms with Crippen molar-refractivity contribution in [2.45, 2.75) is 19.6 Å². The van der Waals surface area contributed by atoms with Crippen molar-refractivity contribution in [3.8, 4) is 0 Å². The predicted octanol–water partition coefficient (Wildman–Crippen LogP) is 1.76. The Morgan fingerprint density at radius 2 is 2.00 bits per heavy atom. The monoisotopic (exact) mass is 194 g/mol. The van der Waals surface area contributed by atoms with Crippen LogP contribution in [0.1, 0.15) is 12.5 Å². The number of esters is 1. The largest absolute Gasteiger partial charge is 0.467 e. The molecule has 0 spiro atoms. The van der Waals surface area contributed by atoms with Crippen LogP contribution in [0.4, 0.5) is 0 Å². The highest BCUT2D eigenvalue weighted by atomic mass is 16.6. The first-order valence-corrected chi connectivity index (χ1v) is 4.47. The number of benzene rings is 1. The van der Waals surface area contributed by atoms with Crippen molar-refractivity contribution in [1.29, 1.82) is 0 Å². The van der Waals surface area contributed by atoms with Gasteiger partial charge in [0.15, 0.2) is 6.10 Å². The van der Waals surface area contributed by atoms with Crippen molar-refractivity contribution >= 4 is 5.97 Å². The van der Waals surface area contributed by atoms with Gasteiger partial charge in [-0.1, -0.05) is 30.3 Å². The number of carbonyl (C=O) groups is 1. The van der Waals surface area contributed by atoms with Crippen LogP contribution in [0.2, 0.25) is 0 Å². The molecule has 1 aromatic rings. The third kappa shape index (κ3) is 3.18. The fourth-order valence-corrected chi connectivity index (χ4v) is 1.03. The van der Waals surface area contributed by atoms with Crippen LogP contribution >= 0.6 is 0 Å². The standard InChI is InChI=1S/C11H14O3/c1-9(11(12)13-2)14-8-10-6-4-3-5-7-10/h3-7,9H,8H2,1-2H3/t9-/m1/s1. The summed E-state index contributed by atoms with van der Waals surface area (Å²) in [6.45, 7) is 2.10. The maximum Gasteiger partial charge on any atom is 0.334 e. The second-order valence-corrected chi connectivity index (χ2v) is 2.96. The lowest BCUT2D eigenvalue weighted by atomic mass is 10.2. The Balaban J connectivity index is 2.38. The summed E-state index contributed by atoms with van der Waals surface area (Å²) in [5.74, 6) is -0.346. The summed E-state index contributed by atoms with van der Waals surface area (Å²) in [4.78, 5) is 11.0. The predicted molar refractivity (Wildman–Crippen MR) is 52.7 cm³/mol. The second-order valence-electron chi connectivity index (χ2n) is 2.96. The molecule has 1 rings (SSSR count). The Kier molecular flexibility index (Phi) is 4.13. The highest BCUT2D eigenvalue weighted by Crippen LogP contribution is 2.03. The minimum Gasteiger partial charge on any atom is -0.467 e. The molecule has 1 aromatic carbocycles. The Labute approximate surface area is 83.6 Å². The summed E-state index contributed by atoms with van der Waals surface area (Å²) in [7, 11) is 1.35. The van der Waals surface area contributed by atoms with Gasteiger partial charge in [0.25, 0.3) is 0 Å². The van der Waals surface area contributed by atoms with Gasteiger partial charge in [0.1, 0.15) is 0 Å². The van der Waals surface area contributed by atoms with Crippen molar-refractivity contribution in [3.05, 3.63) is 35.9 Å². The van der Waals surface area contributed by atoms with Crippen LogP contribution in [-0.2, 0) is 20.9 Å². The number of ether oxygens (including phenoxy) is 2. The molecule has 76 valence electrons. The van der Waals surface area contributed by atoms with E-state index in [1.807, 2.05) is 30.3 Å². The van der Waals surface area contributed by atoms with Crippen LogP contribution in [0.5, 0.6) is 0 Å². The summed E-state index contributed by atoms with van der Waals surface area (Å²) in [6, 6.07) is 9.70. The fourth-order valence-electron chi connectivity index (χ4n) is 1.03. The van der Waals surface area contributed by atoms with Crippen LogP contribution < -0.4 is 0 Å². The van der Waals surface area contributed by atoms with Gasteiger partial charge in [0.2, 0.25) is 0 Å². The van der Waals surface area contributed by atoms with Gasteiger partial charge in [0.05, 0.1) is 13.7 Å². The Morgan fingerprint density at radius 1 is 1.36 bits per heavy atom. The lowest BCUT2D eigenvalue weighted by Gasteiger charge is -2.10. The van der Waals surface area contributed by atoms with E-state index in [1.165, 1.54) is 7.11 Å². The van der Waals surface area contributed by atoms with E-state index in [0.717, 1.165) is 5.56 Å². The normalized spacial score (nSPS) is 12.1. The van der Waals surface area contributed by atoms with Gasteiger partial charge in [-0.25, -0.2) is 4.79 Å². The van der Waals surface area contributed by atoms with Crippen LogP contribution in [0.25, 0.3) is 0 Å². The van der Waals surface area contributed by atoms with E-state index >= 15 is 0 Å². The van der Waals surface area contributed by atoms with Crippen molar-refractivity contribution in [2.24, 2.45) is 0 Å². The van der Waals surface area contributed by atoms with Gasteiger partial charge in [-0.15, -0.1) is 0 Å². The van der Waals surface area contributed by atoms with Crippen molar-refractivity contribution < 1.29 is 14.3 Å². The lowest BCUT2D eigenvalue weighted by Crippen LogP contribution is -2.21. The van der Waals surface area contributed by atoms with E-state index < -0.39 is 6.10 Å². The first-order chi connectivity index (χ1) is 6.74. The molecule has 0 bridgehead atoms. The number of methoxy groups -OCH3 is 1. The van der Waals surface area contributed by atoms with Gasteiger partial charge in [0, 0.05) is 0 Å². The molecule has 0 amide bonds. The molecule has 1 atom stereocenters. The van der Waals surface area contributed by atoms with E-state index in [-0.39, 0.29) is 5.97 Å². The molecule has 0 N–H and O–H groups in total. The molecule has 0 fully saturated rings.